The number of hydrogen-bond acceptors (Lipinski definition) is 1. The molecule has 0 aromatic rings. The van der Waals surface area contributed by atoms with Gasteiger partial charge in [-0.25, -0.2) is 0 Å². The van der Waals surface area contributed by atoms with E-state index in [2.05, 4.69) is 31.2 Å². The van der Waals surface area contributed by atoms with Crippen molar-refractivity contribution in [3.63, 3.8) is 0 Å². The lowest BCUT2D eigenvalue weighted by Gasteiger charge is -2.16. The highest BCUT2D eigenvalue weighted by atomic mass is 16.4. The third-order valence-electron chi connectivity index (χ3n) is 5.39. The van der Waals surface area contributed by atoms with Crippen molar-refractivity contribution in [1.29, 1.82) is 0 Å². The molecule has 0 aliphatic heterocycles. The van der Waals surface area contributed by atoms with Crippen LogP contribution in [0.2, 0.25) is 0 Å². The number of aliphatic carboxylic acids is 1. The van der Waals surface area contributed by atoms with Gasteiger partial charge < -0.3 is 5.11 Å². The second kappa shape index (κ2) is 13.3. The maximum atomic E-state index is 11.0. The predicted octanol–water partition coefficient (Wildman–Crippen LogP) is 6.77. The van der Waals surface area contributed by atoms with Crippen molar-refractivity contribution < 1.29 is 9.90 Å². The molecule has 0 bridgehead atoms. The summed E-state index contributed by atoms with van der Waals surface area (Å²) in [5.74, 6) is 0.653. The zero-order valence-electron chi connectivity index (χ0n) is 15.9. The molecule has 0 saturated carbocycles. The van der Waals surface area contributed by atoms with E-state index in [-0.39, 0.29) is 5.92 Å². The molecule has 2 heteroatoms. The van der Waals surface area contributed by atoms with E-state index in [1.54, 1.807) is 0 Å². The van der Waals surface area contributed by atoms with Gasteiger partial charge in [0, 0.05) is 0 Å². The molecule has 1 aliphatic rings. The molecule has 0 spiro atoms. The first-order valence-corrected chi connectivity index (χ1v) is 10.2. The SMILES string of the molecule is CCCCCC/C=C/[C@H]1C=CC[C@@H]1CCCCCC(CC)C(=O)O. The monoisotopic (exact) mass is 334 g/mol. The van der Waals surface area contributed by atoms with Gasteiger partial charge in [0.15, 0.2) is 0 Å². The normalized spacial score (nSPS) is 21.6. The minimum atomic E-state index is -0.623. The van der Waals surface area contributed by atoms with E-state index in [0.717, 1.165) is 25.2 Å². The Balaban J connectivity index is 2.13. The lowest BCUT2D eigenvalue weighted by molar-refractivity contribution is -0.142. The molecule has 0 aromatic carbocycles. The van der Waals surface area contributed by atoms with Crippen molar-refractivity contribution in [3.8, 4) is 0 Å². The smallest absolute Gasteiger partial charge is 0.306 e. The summed E-state index contributed by atoms with van der Waals surface area (Å²) in [5, 5.41) is 9.07. The molecule has 1 rings (SSSR count). The zero-order chi connectivity index (χ0) is 17.6. The van der Waals surface area contributed by atoms with Gasteiger partial charge in [0.2, 0.25) is 0 Å². The number of unbranched alkanes of at least 4 members (excludes halogenated alkanes) is 6. The van der Waals surface area contributed by atoms with Gasteiger partial charge in [0.1, 0.15) is 0 Å². The topological polar surface area (TPSA) is 37.3 Å². The molecule has 1 unspecified atom stereocenters. The van der Waals surface area contributed by atoms with Crippen LogP contribution in [0.1, 0.15) is 90.9 Å². The number of hydrogen-bond donors (Lipinski definition) is 1. The molecular formula is C22H38O2. The second-order valence-corrected chi connectivity index (χ2v) is 7.36. The summed E-state index contributed by atoms with van der Waals surface area (Å²) in [6.45, 7) is 4.23. The van der Waals surface area contributed by atoms with Crippen molar-refractivity contribution in [3.05, 3.63) is 24.3 Å². The van der Waals surface area contributed by atoms with Crippen LogP contribution in [0.5, 0.6) is 0 Å². The Hall–Kier alpha value is -1.05. The van der Waals surface area contributed by atoms with Crippen LogP contribution >= 0.6 is 0 Å². The summed E-state index contributed by atoms with van der Waals surface area (Å²) in [7, 11) is 0. The molecule has 0 heterocycles. The summed E-state index contributed by atoms with van der Waals surface area (Å²) in [6.07, 6.45) is 23.7. The van der Waals surface area contributed by atoms with Gasteiger partial charge in [-0.3, -0.25) is 4.79 Å². The minimum absolute atomic E-state index is 0.137. The Morgan fingerprint density at radius 1 is 1.17 bits per heavy atom. The van der Waals surface area contributed by atoms with E-state index < -0.39 is 5.97 Å². The fraction of sp³-hybridized carbons (Fsp3) is 0.773. The molecule has 1 aliphatic carbocycles. The van der Waals surface area contributed by atoms with Gasteiger partial charge in [0.05, 0.1) is 5.92 Å². The second-order valence-electron chi connectivity index (χ2n) is 7.36. The lowest BCUT2D eigenvalue weighted by Crippen LogP contribution is -2.12. The molecule has 0 aromatic heterocycles. The first-order valence-electron chi connectivity index (χ1n) is 10.2. The Kier molecular flexibility index (Phi) is 11.6. The van der Waals surface area contributed by atoms with Crippen molar-refractivity contribution in [2.75, 3.05) is 0 Å². The summed E-state index contributed by atoms with van der Waals surface area (Å²) < 4.78 is 0. The largest absolute Gasteiger partial charge is 0.481 e. The Morgan fingerprint density at radius 3 is 2.67 bits per heavy atom. The number of allylic oxidation sites excluding steroid dienone is 4. The molecule has 2 nitrogen and oxygen atoms in total. The fourth-order valence-electron chi connectivity index (χ4n) is 3.67. The number of carboxylic acid groups (broad SMARTS) is 1. The zero-order valence-corrected chi connectivity index (χ0v) is 15.9. The van der Waals surface area contributed by atoms with Crippen LogP contribution in [0.15, 0.2) is 24.3 Å². The standard InChI is InChI=1S/C22H38O2/c1-3-5-6-7-8-10-15-20-17-13-18-21(20)16-12-9-11-14-19(4-2)22(23)24/h10,13,15,17,19-21H,3-9,11-12,14,16,18H2,1-2H3,(H,23,24)/b15-10+/t19?,20-,21-/m0/s1. The van der Waals surface area contributed by atoms with Crippen LogP contribution in [-0.4, -0.2) is 11.1 Å². The Bertz CT molecular complexity index is 383. The molecule has 0 fully saturated rings. The summed E-state index contributed by atoms with van der Waals surface area (Å²) in [5.41, 5.74) is 0. The molecule has 0 amide bonds. The highest BCUT2D eigenvalue weighted by Crippen LogP contribution is 2.31. The number of rotatable bonds is 14. The fourth-order valence-corrected chi connectivity index (χ4v) is 3.67. The van der Waals surface area contributed by atoms with Crippen molar-refractivity contribution in [2.24, 2.45) is 17.8 Å². The maximum Gasteiger partial charge on any atom is 0.306 e. The molecular weight excluding hydrogens is 296 g/mol. The molecule has 1 N–H and O–H groups in total. The third kappa shape index (κ3) is 8.70. The van der Waals surface area contributed by atoms with Crippen LogP contribution in [0.4, 0.5) is 0 Å². The van der Waals surface area contributed by atoms with Gasteiger partial charge >= 0.3 is 5.97 Å². The first-order chi connectivity index (χ1) is 11.7. The van der Waals surface area contributed by atoms with Crippen LogP contribution in [0.3, 0.4) is 0 Å². The molecule has 0 saturated heterocycles. The van der Waals surface area contributed by atoms with Crippen LogP contribution in [0.25, 0.3) is 0 Å². The average Bonchev–Trinajstić information content (AvgIpc) is 3.01. The van der Waals surface area contributed by atoms with Crippen LogP contribution in [-0.2, 0) is 4.79 Å². The van der Waals surface area contributed by atoms with Gasteiger partial charge in [-0.1, -0.05) is 76.7 Å². The van der Waals surface area contributed by atoms with Crippen molar-refractivity contribution >= 4 is 5.97 Å². The first kappa shape index (κ1) is 21.0. The van der Waals surface area contributed by atoms with Crippen molar-refractivity contribution in [2.45, 2.75) is 90.9 Å². The molecule has 0 radical (unpaired) electrons. The molecule has 24 heavy (non-hydrogen) atoms. The van der Waals surface area contributed by atoms with Crippen molar-refractivity contribution in [1.82, 2.24) is 0 Å². The highest BCUT2D eigenvalue weighted by molar-refractivity contribution is 5.69. The Morgan fingerprint density at radius 2 is 1.96 bits per heavy atom. The quantitative estimate of drug-likeness (QED) is 0.281. The summed E-state index contributed by atoms with van der Waals surface area (Å²) in [6, 6.07) is 0. The number of carboxylic acids is 1. The average molecular weight is 335 g/mol. The molecule has 3 atom stereocenters. The summed E-state index contributed by atoms with van der Waals surface area (Å²) >= 11 is 0. The van der Waals surface area contributed by atoms with E-state index in [0.29, 0.717) is 5.92 Å². The van der Waals surface area contributed by atoms with E-state index >= 15 is 0 Å². The number of carbonyl (C=O) groups is 1. The van der Waals surface area contributed by atoms with E-state index in [9.17, 15) is 4.79 Å². The van der Waals surface area contributed by atoms with Crippen LogP contribution in [0, 0.1) is 17.8 Å². The maximum absolute atomic E-state index is 11.0. The highest BCUT2D eigenvalue weighted by Gasteiger charge is 2.20. The van der Waals surface area contributed by atoms with E-state index in [1.165, 1.54) is 57.8 Å². The van der Waals surface area contributed by atoms with E-state index in [1.807, 2.05) is 6.92 Å². The van der Waals surface area contributed by atoms with Gasteiger partial charge in [0.25, 0.3) is 0 Å². The van der Waals surface area contributed by atoms with Gasteiger partial charge in [-0.15, -0.1) is 0 Å². The predicted molar refractivity (Wildman–Crippen MR) is 103 cm³/mol. The summed E-state index contributed by atoms with van der Waals surface area (Å²) in [4.78, 5) is 11.0. The van der Waals surface area contributed by atoms with Gasteiger partial charge in [-0.05, 0) is 50.4 Å². The van der Waals surface area contributed by atoms with E-state index in [4.69, 9.17) is 5.11 Å². The third-order valence-corrected chi connectivity index (χ3v) is 5.39. The molecule has 138 valence electrons. The minimum Gasteiger partial charge on any atom is -0.481 e. The van der Waals surface area contributed by atoms with Gasteiger partial charge in [-0.2, -0.15) is 0 Å². The lowest BCUT2D eigenvalue weighted by atomic mass is 9.89. The van der Waals surface area contributed by atoms with Crippen LogP contribution < -0.4 is 0 Å². The Labute approximate surface area is 149 Å².